The van der Waals surface area contributed by atoms with Gasteiger partial charge in [-0.25, -0.2) is 12.8 Å². The lowest BCUT2D eigenvalue weighted by atomic mass is 10.2. The van der Waals surface area contributed by atoms with E-state index in [1.807, 2.05) is 0 Å². The first-order valence-corrected chi connectivity index (χ1v) is 10.2. The second kappa shape index (κ2) is 7.06. The first kappa shape index (κ1) is 18.4. The quantitative estimate of drug-likeness (QED) is 0.809. The molecule has 1 saturated heterocycles. The Labute approximate surface area is 150 Å². The third kappa shape index (κ3) is 4.04. The van der Waals surface area contributed by atoms with Crippen LogP contribution >= 0.6 is 0 Å². The Balaban J connectivity index is 1.67. The van der Waals surface area contributed by atoms with Crippen molar-refractivity contribution in [1.29, 1.82) is 0 Å². The fourth-order valence-corrected chi connectivity index (χ4v) is 4.75. The molecule has 9 heteroatoms. The van der Waals surface area contributed by atoms with Crippen LogP contribution in [0.1, 0.15) is 23.8 Å². The first-order chi connectivity index (χ1) is 12.3. The van der Waals surface area contributed by atoms with E-state index in [0.717, 1.165) is 0 Å². The maximum Gasteiger partial charge on any atom is 0.270 e. The lowest BCUT2D eigenvalue weighted by molar-refractivity contribution is -0.122. The number of rotatable bonds is 5. The van der Waals surface area contributed by atoms with Crippen LogP contribution < -0.4 is 5.32 Å². The molecule has 1 aliphatic heterocycles. The average Bonchev–Trinajstić information content (AvgIpc) is 3.14. The molecule has 0 spiro atoms. The summed E-state index contributed by atoms with van der Waals surface area (Å²) in [6.45, 7) is 1.88. The molecule has 2 N–H and O–H groups in total. The summed E-state index contributed by atoms with van der Waals surface area (Å²) in [5.41, 5.74) is 0.898. The number of fused-ring (bicyclic) bond motifs is 1. The van der Waals surface area contributed by atoms with Gasteiger partial charge in [-0.3, -0.25) is 9.59 Å². The number of amides is 2. The Morgan fingerprint density at radius 2 is 2.12 bits per heavy atom. The highest BCUT2D eigenvalue weighted by molar-refractivity contribution is 7.91. The number of H-pyrrole nitrogens is 1. The highest BCUT2D eigenvalue weighted by atomic mass is 32.2. The van der Waals surface area contributed by atoms with Gasteiger partial charge in [0.2, 0.25) is 5.91 Å². The summed E-state index contributed by atoms with van der Waals surface area (Å²) < 4.78 is 36.2. The van der Waals surface area contributed by atoms with Crippen LogP contribution in [0.15, 0.2) is 24.3 Å². The van der Waals surface area contributed by atoms with Gasteiger partial charge in [-0.1, -0.05) is 0 Å². The van der Waals surface area contributed by atoms with E-state index in [9.17, 15) is 22.4 Å². The number of carbonyl (C=O) groups is 2. The Kier molecular flexibility index (Phi) is 4.99. The molecule has 1 atom stereocenters. The highest BCUT2D eigenvalue weighted by Gasteiger charge is 2.29. The number of aromatic amines is 1. The van der Waals surface area contributed by atoms with Gasteiger partial charge in [0.05, 0.1) is 18.1 Å². The number of sulfone groups is 1. The minimum atomic E-state index is -3.08. The monoisotopic (exact) mass is 381 g/mol. The van der Waals surface area contributed by atoms with Gasteiger partial charge in [-0.15, -0.1) is 0 Å². The molecular formula is C17H20FN3O4S. The van der Waals surface area contributed by atoms with Gasteiger partial charge in [0.1, 0.15) is 11.5 Å². The summed E-state index contributed by atoms with van der Waals surface area (Å²) >= 11 is 0. The van der Waals surface area contributed by atoms with E-state index in [0.29, 0.717) is 23.9 Å². The number of hydrogen-bond acceptors (Lipinski definition) is 4. The zero-order valence-electron chi connectivity index (χ0n) is 14.3. The standard InChI is InChI=1S/C17H20FN3O4S/c1-2-21(9-16(22)19-13-5-6-26(24,25)10-13)17(23)15-8-11-7-12(18)3-4-14(11)20-15/h3-4,7-8,13,20H,2,5-6,9-10H2,1H3,(H,19,22). The molecule has 2 heterocycles. The van der Waals surface area contributed by atoms with Crippen LogP contribution in [-0.2, 0) is 14.6 Å². The molecule has 0 bridgehead atoms. The zero-order valence-corrected chi connectivity index (χ0v) is 15.1. The minimum absolute atomic E-state index is 0.0631. The summed E-state index contributed by atoms with van der Waals surface area (Å²) in [5, 5.41) is 3.24. The molecule has 26 heavy (non-hydrogen) atoms. The van der Waals surface area contributed by atoms with Crippen molar-refractivity contribution in [3.05, 3.63) is 35.8 Å². The van der Waals surface area contributed by atoms with Crippen LogP contribution in [0, 0.1) is 5.82 Å². The predicted octanol–water partition coefficient (Wildman–Crippen LogP) is 1.07. The van der Waals surface area contributed by atoms with Gasteiger partial charge in [-0.05, 0) is 37.6 Å². The fourth-order valence-electron chi connectivity index (χ4n) is 3.07. The molecule has 7 nitrogen and oxygen atoms in total. The molecule has 0 radical (unpaired) electrons. The zero-order chi connectivity index (χ0) is 18.9. The van der Waals surface area contributed by atoms with Gasteiger partial charge in [-0.2, -0.15) is 0 Å². The number of halogens is 1. The normalized spacial score (nSPS) is 18.8. The number of benzene rings is 1. The van der Waals surface area contributed by atoms with Crippen molar-refractivity contribution < 1.29 is 22.4 Å². The van der Waals surface area contributed by atoms with Gasteiger partial charge >= 0.3 is 0 Å². The molecule has 1 unspecified atom stereocenters. The topological polar surface area (TPSA) is 99.3 Å². The Morgan fingerprint density at radius 3 is 2.77 bits per heavy atom. The predicted molar refractivity (Wildman–Crippen MR) is 95.0 cm³/mol. The Morgan fingerprint density at radius 1 is 1.35 bits per heavy atom. The van der Waals surface area contributed by atoms with Crippen LogP contribution in [-0.4, -0.2) is 60.8 Å². The molecule has 2 aromatic rings. The van der Waals surface area contributed by atoms with Crippen LogP contribution in [0.25, 0.3) is 10.9 Å². The largest absolute Gasteiger partial charge is 0.351 e. The molecule has 140 valence electrons. The van der Waals surface area contributed by atoms with Crippen LogP contribution in [0.4, 0.5) is 4.39 Å². The Hall–Kier alpha value is -2.42. The molecule has 1 aromatic carbocycles. The number of aromatic nitrogens is 1. The molecule has 1 aromatic heterocycles. The smallest absolute Gasteiger partial charge is 0.270 e. The molecule has 2 amide bonds. The molecule has 3 rings (SSSR count). The maximum absolute atomic E-state index is 13.3. The summed E-state index contributed by atoms with van der Waals surface area (Å²) in [7, 11) is -3.08. The third-order valence-corrected chi connectivity index (χ3v) is 6.18. The van der Waals surface area contributed by atoms with Crippen molar-refractivity contribution in [3.8, 4) is 0 Å². The number of carbonyl (C=O) groups excluding carboxylic acids is 2. The summed E-state index contributed by atoms with van der Waals surface area (Å²) in [6, 6.07) is 5.31. The van der Waals surface area contributed by atoms with E-state index >= 15 is 0 Å². The van der Waals surface area contributed by atoms with E-state index in [-0.39, 0.29) is 29.7 Å². The fraction of sp³-hybridized carbons (Fsp3) is 0.412. The highest BCUT2D eigenvalue weighted by Crippen LogP contribution is 2.18. The van der Waals surface area contributed by atoms with Crippen molar-refractivity contribution in [3.63, 3.8) is 0 Å². The third-order valence-electron chi connectivity index (χ3n) is 4.41. The molecule has 1 aliphatic rings. The lowest BCUT2D eigenvalue weighted by Crippen LogP contribution is -2.44. The van der Waals surface area contributed by atoms with E-state index in [4.69, 9.17) is 0 Å². The first-order valence-electron chi connectivity index (χ1n) is 8.35. The van der Waals surface area contributed by atoms with Crippen LogP contribution in [0.5, 0.6) is 0 Å². The molecule has 0 saturated carbocycles. The van der Waals surface area contributed by atoms with E-state index in [1.54, 1.807) is 19.1 Å². The van der Waals surface area contributed by atoms with Crippen LogP contribution in [0.2, 0.25) is 0 Å². The van der Waals surface area contributed by atoms with Gasteiger partial charge in [0.15, 0.2) is 9.84 Å². The van der Waals surface area contributed by atoms with E-state index < -0.39 is 27.6 Å². The van der Waals surface area contributed by atoms with Crippen molar-refractivity contribution in [2.24, 2.45) is 0 Å². The van der Waals surface area contributed by atoms with Gasteiger partial charge < -0.3 is 15.2 Å². The van der Waals surface area contributed by atoms with Crippen LogP contribution in [0.3, 0.4) is 0 Å². The summed E-state index contributed by atoms with van der Waals surface area (Å²) in [6.07, 6.45) is 0.391. The number of likely N-dealkylation sites (N-methyl/N-ethyl adjacent to an activating group) is 1. The molecule has 1 fully saturated rings. The number of hydrogen-bond donors (Lipinski definition) is 2. The number of nitrogens with one attached hydrogen (secondary N) is 2. The summed E-state index contributed by atoms with van der Waals surface area (Å²) in [4.78, 5) is 29.1. The maximum atomic E-state index is 13.3. The van der Waals surface area contributed by atoms with E-state index in [1.165, 1.54) is 17.0 Å². The van der Waals surface area contributed by atoms with Crippen molar-refractivity contribution in [2.45, 2.75) is 19.4 Å². The van der Waals surface area contributed by atoms with Gasteiger partial charge in [0.25, 0.3) is 5.91 Å². The van der Waals surface area contributed by atoms with Gasteiger partial charge in [0, 0.05) is 23.5 Å². The average molecular weight is 381 g/mol. The van der Waals surface area contributed by atoms with Crippen molar-refractivity contribution in [1.82, 2.24) is 15.2 Å². The molecule has 0 aliphatic carbocycles. The van der Waals surface area contributed by atoms with Crippen molar-refractivity contribution >= 4 is 32.6 Å². The van der Waals surface area contributed by atoms with Crippen molar-refractivity contribution in [2.75, 3.05) is 24.6 Å². The number of nitrogens with zero attached hydrogens (tertiary/aromatic N) is 1. The molecular weight excluding hydrogens is 361 g/mol. The minimum Gasteiger partial charge on any atom is -0.351 e. The SMILES string of the molecule is CCN(CC(=O)NC1CCS(=O)(=O)C1)C(=O)c1cc2cc(F)ccc2[nH]1. The lowest BCUT2D eigenvalue weighted by Gasteiger charge is -2.21. The van der Waals surface area contributed by atoms with E-state index in [2.05, 4.69) is 10.3 Å². The summed E-state index contributed by atoms with van der Waals surface area (Å²) in [5.74, 6) is -1.16. The second-order valence-corrected chi connectivity index (χ2v) is 8.63. The second-order valence-electron chi connectivity index (χ2n) is 6.40. The Bertz CT molecular complexity index is 954.